The molecule has 2 heterocycles. The first-order valence-corrected chi connectivity index (χ1v) is 4.09. The molecule has 1 aromatic heterocycles. The van der Waals surface area contributed by atoms with Gasteiger partial charge in [-0.25, -0.2) is 19.6 Å². The lowest BCUT2D eigenvalue weighted by atomic mass is 10.8. The van der Waals surface area contributed by atoms with Gasteiger partial charge in [0.15, 0.2) is 5.96 Å². The summed E-state index contributed by atoms with van der Waals surface area (Å²) in [5, 5.41) is 4.65. The number of guanidine groups is 1. The van der Waals surface area contributed by atoms with Crippen LogP contribution in [0.25, 0.3) is 0 Å². The van der Waals surface area contributed by atoms with Crippen LogP contribution in [0.15, 0.2) is 16.1 Å². The number of nitrogens with two attached hydrogens (primary N) is 2. The van der Waals surface area contributed by atoms with Gasteiger partial charge in [-0.05, 0) is 0 Å². The Morgan fingerprint density at radius 3 is 2.38 bits per heavy atom. The zero-order valence-corrected chi connectivity index (χ0v) is 8.10. The van der Waals surface area contributed by atoms with Crippen LogP contribution < -0.4 is 27.8 Å². The van der Waals surface area contributed by atoms with Crippen LogP contribution >= 0.6 is 0 Å². The number of nitrogens with zero attached hydrogens (tertiary/aromatic N) is 3. The lowest BCUT2D eigenvalue weighted by molar-refractivity contribution is 0.244. The molecule has 86 valence electrons. The predicted molar refractivity (Wildman–Crippen MR) is 55.2 cm³/mol. The Morgan fingerprint density at radius 1 is 1.25 bits per heavy atom. The summed E-state index contributed by atoms with van der Waals surface area (Å²) >= 11 is 0. The van der Waals surface area contributed by atoms with E-state index in [2.05, 4.69) is 30.6 Å². The van der Waals surface area contributed by atoms with Crippen molar-refractivity contribution >= 4 is 17.9 Å². The van der Waals surface area contributed by atoms with Crippen LogP contribution in [-0.4, -0.2) is 33.6 Å². The first kappa shape index (κ1) is 11.4. The molecular formula is C6H10N8O2. The number of aromatic nitrogens is 3. The summed E-state index contributed by atoms with van der Waals surface area (Å²) in [6.45, 7) is 0.275. The van der Waals surface area contributed by atoms with Gasteiger partial charge in [0.2, 0.25) is 5.95 Å². The van der Waals surface area contributed by atoms with Gasteiger partial charge >= 0.3 is 11.7 Å². The molecule has 0 radical (unpaired) electrons. The van der Waals surface area contributed by atoms with Gasteiger partial charge in [0, 0.05) is 0 Å². The molecule has 2 rings (SSSR count). The normalized spacial score (nSPS) is 13.8. The van der Waals surface area contributed by atoms with E-state index in [1.54, 1.807) is 0 Å². The van der Waals surface area contributed by atoms with E-state index in [1.807, 2.05) is 0 Å². The number of H-pyrrole nitrogens is 1. The average molecular weight is 226 g/mol. The maximum atomic E-state index is 10.3. The van der Waals surface area contributed by atoms with Crippen molar-refractivity contribution in [2.24, 2.45) is 10.7 Å². The van der Waals surface area contributed by atoms with Crippen molar-refractivity contribution in [1.82, 2.24) is 25.6 Å². The molecule has 10 heteroatoms. The summed E-state index contributed by atoms with van der Waals surface area (Å²) in [4.78, 5) is 33.0. The molecule has 7 N–H and O–H groups in total. The number of rotatable bonds is 0. The second kappa shape index (κ2) is 5.29. The maximum Gasteiger partial charge on any atom is 0.349 e. The first-order valence-electron chi connectivity index (χ1n) is 4.09. The Morgan fingerprint density at radius 2 is 2.00 bits per heavy atom. The SMILES string of the molecule is NC1=NCNC(=O)N1.Nc1ncnc(=O)[nH]1. The molecule has 10 nitrogen and oxygen atoms in total. The van der Waals surface area contributed by atoms with Crippen molar-refractivity contribution in [3.05, 3.63) is 16.8 Å². The van der Waals surface area contributed by atoms with Crippen molar-refractivity contribution in [1.29, 1.82) is 0 Å². The zero-order chi connectivity index (χ0) is 12.0. The lowest BCUT2D eigenvalue weighted by Crippen LogP contribution is -2.47. The number of aliphatic imine (C=N–C) groups is 1. The summed E-state index contributed by atoms with van der Waals surface area (Å²) in [5.41, 5.74) is 9.68. The molecule has 0 aliphatic carbocycles. The Balaban J connectivity index is 0.000000160. The van der Waals surface area contributed by atoms with E-state index in [0.29, 0.717) is 0 Å². The number of amides is 2. The molecule has 0 bridgehead atoms. The highest BCUT2D eigenvalue weighted by atomic mass is 16.2. The van der Waals surface area contributed by atoms with Gasteiger partial charge in [0.1, 0.15) is 13.0 Å². The van der Waals surface area contributed by atoms with Crippen LogP contribution in [0.5, 0.6) is 0 Å². The molecule has 0 unspecified atom stereocenters. The van der Waals surface area contributed by atoms with Gasteiger partial charge < -0.3 is 16.8 Å². The highest BCUT2D eigenvalue weighted by molar-refractivity contribution is 5.96. The van der Waals surface area contributed by atoms with Crippen molar-refractivity contribution in [2.45, 2.75) is 0 Å². The zero-order valence-electron chi connectivity index (χ0n) is 8.10. The van der Waals surface area contributed by atoms with Gasteiger partial charge in [-0.1, -0.05) is 0 Å². The predicted octanol–water partition coefficient (Wildman–Crippen LogP) is -2.68. The summed E-state index contributed by atoms with van der Waals surface area (Å²) < 4.78 is 0. The van der Waals surface area contributed by atoms with E-state index in [9.17, 15) is 9.59 Å². The van der Waals surface area contributed by atoms with E-state index in [1.165, 1.54) is 0 Å². The molecule has 16 heavy (non-hydrogen) atoms. The van der Waals surface area contributed by atoms with Crippen molar-refractivity contribution in [3.8, 4) is 0 Å². The molecular weight excluding hydrogens is 216 g/mol. The van der Waals surface area contributed by atoms with Crippen molar-refractivity contribution in [2.75, 3.05) is 12.4 Å². The van der Waals surface area contributed by atoms with Crippen molar-refractivity contribution in [3.63, 3.8) is 0 Å². The topological polar surface area (TPSA) is 164 Å². The highest BCUT2D eigenvalue weighted by Gasteiger charge is 2.04. The molecule has 0 aromatic carbocycles. The molecule has 0 spiro atoms. The quantitative estimate of drug-likeness (QED) is 0.323. The van der Waals surface area contributed by atoms with Crippen LogP contribution in [-0.2, 0) is 0 Å². The van der Waals surface area contributed by atoms with Crippen molar-refractivity contribution < 1.29 is 4.79 Å². The number of carbonyl (C=O) groups excluding carboxylic acids is 1. The third-order valence-electron chi connectivity index (χ3n) is 1.34. The second-order valence-corrected chi connectivity index (χ2v) is 2.52. The van der Waals surface area contributed by atoms with E-state index < -0.39 is 5.69 Å². The minimum atomic E-state index is -0.475. The number of carbonyl (C=O) groups is 1. The van der Waals surface area contributed by atoms with Crippen LogP contribution in [0, 0.1) is 0 Å². The monoisotopic (exact) mass is 226 g/mol. The Hall–Kier alpha value is -2.65. The number of urea groups is 1. The molecule has 0 atom stereocenters. The lowest BCUT2D eigenvalue weighted by Gasteiger charge is -2.09. The fraction of sp³-hybridized carbons (Fsp3) is 0.167. The fourth-order valence-corrected chi connectivity index (χ4v) is 0.714. The molecule has 2 amide bonds. The van der Waals surface area contributed by atoms with E-state index in [0.717, 1.165) is 6.33 Å². The number of nitrogens with one attached hydrogen (secondary N) is 3. The van der Waals surface area contributed by atoms with Crippen LogP contribution in [0.1, 0.15) is 0 Å². The van der Waals surface area contributed by atoms with Gasteiger partial charge in [-0.15, -0.1) is 0 Å². The number of nitrogen functional groups attached to an aromatic ring is 1. The van der Waals surface area contributed by atoms with Gasteiger partial charge in [-0.3, -0.25) is 10.3 Å². The summed E-state index contributed by atoms with van der Waals surface area (Å²) in [7, 11) is 0. The molecule has 0 fully saturated rings. The number of aromatic amines is 1. The maximum absolute atomic E-state index is 10.3. The van der Waals surface area contributed by atoms with Crippen LogP contribution in [0.4, 0.5) is 10.7 Å². The van der Waals surface area contributed by atoms with Crippen LogP contribution in [0.3, 0.4) is 0 Å². The Kier molecular flexibility index (Phi) is 3.77. The minimum absolute atomic E-state index is 0.0880. The summed E-state index contributed by atoms with van der Waals surface area (Å²) in [5.74, 6) is 0.263. The fourth-order valence-electron chi connectivity index (χ4n) is 0.714. The van der Waals surface area contributed by atoms with E-state index in [4.69, 9.17) is 11.5 Å². The second-order valence-electron chi connectivity index (χ2n) is 2.52. The van der Waals surface area contributed by atoms with Gasteiger partial charge in [0.05, 0.1) is 0 Å². The number of anilines is 1. The van der Waals surface area contributed by atoms with E-state index >= 15 is 0 Å². The third kappa shape index (κ3) is 4.04. The Bertz CT molecular complexity index is 452. The van der Waals surface area contributed by atoms with E-state index in [-0.39, 0.29) is 24.6 Å². The molecule has 1 aliphatic rings. The summed E-state index contributed by atoms with van der Waals surface area (Å²) in [6, 6.07) is -0.294. The molecule has 0 saturated heterocycles. The molecule has 1 aliphatic heterocycles. The number of hydrogen-bond acceptors (Lipinski definition) is 7. The number of hydrogen-bond donors (Lipinski definition) is 5. The molecule has 1 aromatic rings. The van der Waals surface area contributed by atoms with Gasteiger partial charge in [-0.2, -0.15) is 4.98 Å². The standard InChI is InChI=1S/C3H6N4O.C3H4N4O/c2*4-2-5-1-6-3(8)7-2/h1H2,(H4,4,5,6,7,8);1H,(H3,4,5,6,7,8). The van der Waals surface area contributed by atoms with Crippen LogP contribution in [0.2, 0.25) is 0 Å². The third-order valence-corrected chi connectivity index (χ3v) is 1.34. The smallest absolute Gasteiger partial charge is 0.349 e. The molecule has 0 saturated carbocycles. The highest BCUT2D eigenvalue weighted by Crippen LogP contribution is 1.74. The first-order chi connectivity index (χ1) is 7.58. The minimum Gasteiger partial charge on any atom is -0.370 e. The Labute approximate surface area is 89.2 Å². The average Bonchev–Trinajstić information content (AvgIpc) is 2.17. The van der Waals surface area contributed by atoms with Gasteiger partial charge in [0.25, 0.3) is 0 Å². The largest absolute Gasteiger partial charge is 0.370 e. The summed E-state index contributed by atoms with van der Waals surface area (Å²) in [6.07, 6.45) is 1.11.